The number of phosphoric ester groups is 3. The van der Waals surface area contributed by atoms with Gasteiger partial charge in [-0.1, -0.05) is 25.6 Å². The molecule has 2 amide bonds. The SMILES string of the molecule is CC(C)(COP(=O)(O)OP(=O)(O)OC[C@H]1O[C@@H](n2cnc3c(N)ncnc32)[C@H](O)[C@@H]1OP(=O)(O)O)C(O)C(=O)NCCC(=O)NCCSC(=O)CCCCC(O)O. The molecule has 57 heavy (non-hydrogen) atoms. The summed E-state index contributed by atoms with van der Waals surface area (Å²) in [7, 11) is -16.4. The zero-order valence-corrected chi connectivity index (χ0v) is 33.9. The Morgan fingerprint density at radius 1 is 1.00 bits per heavy atom. The number of aliphatic hydroxyl groups excluding tert-OH is 3. The number of phosphoric acid groups is 3. The molecule has 0 bridgehead atoms. The van der Waals surface area contributed by atoms with Crippen LogP contribution in [0.2, 0.25) is 0 Å². The summed E-state index contributed by atoms with van der Waals surface area (Å²) < 4.78 is 62.0. The van der Waals surface area contributed by atoms with Gasteiger partial charge in [0.2, 0.25) is 11.8 Å². The topological polar surface area (TPSA) is 404 Å². The van der Waals surface area contributed by atoms with Crippen molar-refractivity contribution in [1.82, 2.24) is 30.2 Å². The van der Waals surface area contributed by atoms with E-state index in [1.807, 2.05) is 0 Å². The van der Waals surface area contributed by atoms with Gasteiger partial charge in [0.05, 0.1) is 19.5 Å². The number of unbranched alkanes of at least 4 members (excludes halogenated alkanes) is 1. The maximum absolute atomic E-state index is 12.7. The highest BCUT2D eigenvalue weighted by atomic mass is 32.2. The van der Waals surface area contributed by atoms with Gasteiger partial charge in [-0.3, -0.25) is 32.5 Å². The molecule has 30 heteroatoms. The standard InChI is InChI=1S/C27H46N7O19P3S/c1-27(2,22(40)25(41)30-8-7-16(35)29-9-10-57-18(38)6-4-3-5-17(36)37)12-50-56(47,48)53-55(45,46)49-11-15-21(52-54(42,43)44)20(39)26(51-15)34-14-33-19-23(28)31-13-32-24(19)34/h13-15,17,20-22,26,36-37,39-40H,3-12H2,1-2H3,(H,29,35)(H,30,41)(H,45,46)(H,47,48)(H2,28,31,32)(H2,42,43,44)/t15-,20-,21-,22?,26-/m1/s1. The number of hydrogen-bond donors (Lipinski definition) is 11. The summed E-state index contributed by atoms with van der Waals surface area (Å²) in [6.07, 6.45) is -7.06. The van der Waals surface area contributed by atoms with Crippen molar-refractivity contribution in [3.8, 4) is 0 Å². The molecular formula is C27H46N7O19P3S. The van der Waals surface area contributed by atoms with Crippen molar-refractivity contribution in [2.24, 2.45) is 5.41 Å². The minimum absolute atomic E-state index is 0.0232. The Kier molecular flexibility index (Phi) is 18.1. The molecular weight excluding hydrogens is 851 g/mol. The Morgan fingerprint density at radius 2 is 1.68 bits per heavy atom. The number of aliphatic hydroxyl groups is 4. The molecule has 3 rings (SSSR count). The first-order valence-electron chi connectivity index (χ1n) is 16.8. The van der Waals surface area contributed by atoms with Crippen LogP contribution < -0.4 is 16.4 Å². The molecule has 1 aliphatic heterocycles. The van der Waals surface area contributed by atoms with E-state index < -0.39 is 90.8 Å². The number of ether oxygens (including phenoxy) is 1. The number of carbonyl (C=O) groups excluding carboxylic acids is 3. The van der Waals surface area contributed by atoms with Gasteiger partial charge in [0.15, 0.2) is 29.1 Å². The van der Waals surface area contributed by atoms with E-state index in [9.17, 15) is 57.9 Å². The fourth-order valence-electron chi connectivity index (χ4n) is 4.96. The lowest BCUT2D eigenvalue weighted by Gasteiger charge is -2.30. The predicted molar refractivity (Wildman–Crippen MR) is 194 cm³/mol. The number of rotatable bonds is 24. The zero-order chi connectivity index (χ0) is 42.8. The lowest BCUT2D eigenvalue weighted by Crippen LogP contribution is -2.46. The van der Waals surface area contributed by atoms with E-state index in [4.69, 9.17) is 29.7 Å². The maximum Gasteiger partial charge on any atom is 0.481 e. The van der Waals surface area contributed by atoms with Crippen molar-refractivity contribution < 1.29 is 90.7 Å². The normalized spacial score (nSPS) is 21.6. The average molecular weight is 898 g/mol. The van der Waals surface area contributed by atoms with Crippen LogP contribution in [-0.2, 0) is 50.7 Å². The summed E-state index contributed by atoms with van der Waals surface area (Å²) in [4.78, 5) is 87.3. The number of anilines is 1. The highest BCUT2D eigenvalue weighted by Gasteiger charge is 2.50. The van der Waals surface area contributed by atoms with Gasteiger partial charge >= 0.3 is 23.5 Å². The summed E-state index contributed by atoms with van der Waals surface area (Å²) >= 11 is 1.00. The van der Waals surface area contributed by atoms with Crippen LogP contribution in [0.15, 0.2) is 12.7 Å². The molecule has 324 valence electrons. The lowest BCUT2D eigenvalue weighted by atomic mass is 9.87. The second kappa shape index (κ2) is 21.1. The highest BCUT2D eigenvalue weighted by Crippen LogP contribution is 2.61. The molecule has 12 N–H and O–H groups in total. The number of carbonyl (C=O) groups is 3. The van der Waals surface area contributed by atoms with Crippen LogP contribution in [0, 0.1) is 5.41 Å². The van der Waals surface area contributed by atoms with Crippen LogP contribution >= 0.6 is 35.2 Å². The first kappa shape index (κ1) is 48.8. The molecule has 1 aliphatic rings. The summed E-state index contributed by atoms with van der Waals surface area (Å²) in [5.74, 6) is -1.24. The van der Waals surface area contributed by atoms with Crippen molar-refractivity contribution in [2.45, 2.75) is 82.9 Å². The monoisotopic (exact) mass is 897 g/mol. The van der Waals surface area contributed by atoms with Gasteiger partial charge in [0.25, 0.3) is 0 Å². The van der Waals surface area contributed by atoms with Gasteiger partial charge in [-0.15, -0.1) is 0 Å². The molecule has 7 atom stereocenters. The van der Waals surface area contributed by atoms with Gasteiger partial charge in [0.1, 0.15) is 36.3 Å². The first-order valence-corrected chi connectivity index (χ1v) is 22.3. The van der Waals surface area contributed by atoms with E-state index in [1.54, 1.807) is 0 Å². The van der Waals surface area contributed by atoms with Crippen molar-refractivity contribution in [3.05, 3.63) is 12.7 Å². The second-order valence-electron chi connectivity index (χ2n) is 13.0. The van der Waals surface area contributed by atoms with Gasteiger partial charge in [-0.25, -0.2) is 28.6 Å². The van der Waals surface area contributed by atoms with E-state index >= 15 is 0 Å². The molecule has 1 saturated heterocycles. The molecule has 2 aromatic heterocycles. The number of nitrogens with two attached hydrogens (primary N) is 1. The smallest absolute Gasteiger partial charge is 0.386 e. The van der Waals surface area contributed by atoms with Crippen LogP contribution in [-0.4, -0.2) is 139 Å². The van der Waals surface area contributed by atoms with Crippen molar-refractivity contribution >= 4 is 69.1 Å². The molecule has 0 spiro atoms. The average Bonchev–Trinajstić information content (AvgIpc) is 3.66. The van der Waals surface area contributed by atoms with Crippen LogP contribution in [0.25, 0.3) is 11.2 Å². The van der Waals surface area contributed by atoms with Gasteiger partial charge in [-0.05, 0) is 19.3 Å². The van der Waals surface area contributed by atoms with E-state index in [-0.39, 0.29) is 60.2 Å². The Labute approximate surface area is 328 Å². The van der Waals surface area contributed by atoms with Gasteiger partial charge in [0, 0.05) is 37.1 Å². The third-order valence-corrected chi connectivity index (χ3v) is 11.9. The predicted octanol–water partition coefficient (Wildman–Crippen LogP) is -1.46. The Bertz CT molecular complexity index is 1830. The van der Waals surface area contributed by atoms with E-state index in [2.05, 4.69) is 34.4 Å². The minimum atomic E-state index is -5.58. The fraction of sp³-hybridized carbons (Fsp3) is 0.704. The third-order valence-electron chi connectivity index (χ3n) is 7.86. The van der Waals surface area contributed by atoms with Crippen LogP contribution in [0.3, 0.4) is 0 Å². The van der Waals surface area contributed by atoms with Crippen LogP contribution in [0.4, 0.5) is 5.82 Å². The molecule has 3 unspecified atom stereocenters. The van der Waals surface area contributed by atoms with Gasteiger partial charge in [-0.2, -0.15) is 4.31 Å². The Hall–Kier alpha value is -2.52. The first-order chi connectivity index (χ1) is 26.4. The van der Waals surface area contributed by atoms with Crippen molar-refractivity contribution in [1.29, 1.82) is 0 Å². The number of hydrogen-bond acceptors (Lipinski definition) is 20. The number of nitrogens with one attached hydrogen (secondary N) is 2. The molecule has 0 aliphatic carbocycles. The van der Waals surface area contributed by atoms with E-state index in [1.165, 1.54) is 13.8 Å². The molecule has 0 saturated carbocycles. The Balaban J connectivity index is 1.45. The molecule has 26 nitrogen and oxygen atoms in total. The number of nitrogen functional groups attached to an aromatic ring is 1. The maximum atomic E-state index is 12.7. The van der Waals surface area contributed by atoms with Crippen molar-refractivity contribution in [2.75, 3.05) is 37.8 Å². The number of fused-ring (bicyclic) bond motifs is 1. The van der Waals surface area contributed by atoms with Gasteiger partial charge < -0.3 is 61.1 Å². The highest BCUT2D eigenvalue weighted by molar-refractivity contribution is 8.13. The fourth-order valence-corrected chi connectivity index (χ4v) is 8.51. The summed E-state index contributed by atoms with van der Waals surface area (Å²) in [5, 5.41) is 43.8. The summed E-state index contributed by atoms with van der Waals surface area (Å²) in [5.41, 5.74) is 4.22. The summed E-state index contributed by atoms with van der Waals surface area (Å²) in [6.45, 7) is 0.353. The number of aromatic nitrogens is 4. The molecule has 0 aromatic carbocycles. The third kappa shape index (κ3) is 15.9. The van der Waals surface area contributed by atoms with Crippen LogP contribution in [0.1, 0.15) is 52.2 Å². The molecule has 2 aromatic rings. The number of amides is 2. The molecule has 1 fully saturated rings. The van der Waals surface area contributed by atoms with Crippen LogP contribution in [0.5, 0.6) is 0 Å². The number of imidazole rings is 1. The minimum Gasteiger partial charge on any atom is -0.386 e. The van der Waals surface area contributed by atoms with E-state index in [0.717, 1.165) is 29.0 Å². The zero-order valence-electron chi connectivity index (χ0n) is 30.4. The number of thioether (sulfide) groups is 1. The summed E-state index contributed by atoms with van der Waals surface area (Å²) in [6, 6.07) is 0. The molecule has 3 heterocycles. The van der Waals surface area contributed by atoms with Crippen molar-refractivity contribution in [3.63, 3.8) is 0 Å². The lowest BCUT2D eigenvalue weighted by molar-refractivity contribution is -0.137. The largest absolute Gasteiger partial charge is 0.481 e. The number of nitrogens with zero attached hydrogens (tertiary/aromatic N) is 4. The molecule has 0 radical (unpaired) electrons. The quantitative estimate of drug-likeness (QED) is 0.0326. The van der Waals surface area contributed by atoms with E-state index in [0.29, 0.717) is 12.8 Å². The Morgan fingerprint density at radius 3 is 2.35 bits per heavy atom. The second-order valence-corrected chi connectivity index (χ2v) is 18.4.